The van der Waals surface area contributed by atoms with Crippen LogP contribution in [0.2, 0.25) is 0 Å². The minimum absolute atomic E-state index is 0.161. The highest BCUT2D eigenvalue weighted by Crippen LogP contribution is 2.28. The lowest BCUT2D eigenvalue weighted by Gasteiger charge is -2.11. The molecule has 1 fully saturated rings. The quantitative estimate of drug-likeness (QED) is 0.789. The summed E-state index contributed by atoms with van der Waals surface area (Å²) in [4.78, 5) is 23.8. The van der Waals surface area contributed by atoms with Gasteiger partial charge in [0.05, 0.1) is 14.2 Å². The molecule has 6 nitrogen and oxygen atoms in total. The van der Waals surface area contributed by atoms with Gasteiger partial charge < -0.3 is 9.47 Å². The molecule has 1 aromatic rings. The van der Waals surface area contributed by atoms with Crippen LogP contribution in [0.3, 0.4) is 0 Å². The Kier molecular flexibility index (Phi) is 6.26. The molecule has 0 radical (unpaired) electrons. The summed E-state index contributed by atoms with van der Waals surface area (Å²) in [6.07, 6.45) is 6.29. The number of hydrazine groups is 1. The first-order valence-electron chi connectivity index (χ1n) is 7.95. The van der Waals surface area contributed by atoms with Crippen LogP contribution < -0.4 is 20.3 Å². The highest BCUT2D eigenvalue weighted by Gasteiger charge is 2.16. The number of ether oxygens (including phenoxy) is 2. The van der Waals surface area contributed by atoms with Crippen molar-refractivity contribution in [3.8, 4) is 11.5 Å². The fourth-order valence-electron chi connectivity index (χ4n) is 2.87. The van der Waals surface area contributed by atoms with Crippen LogP contribution in [0.5, 0.6) is 11.5 Å². The summed E-state index contributed by atoms with van der Waals surface area (Å²) in [5.41, 5.74) is 5.28. The van der Waals surface area contributed by atoms with Gasteiger partial charge in [0.1, 0.15) is 0 Å². The van der Waals surface area contributed by atoms with Crippen LogP contribution >= 0.6 is 0 Å². The Morgan fingerprint density at radius 2 is 1.78 bits per heavy atom. The average molecular weight is 320 g/mol. The smallest absolute Gasteiger partial charge is 0.269 e. The first-order chi connectivity index (χ1) is 11.1. The zero-order chi connectivity index (χ0) is 16.7. The van der Waals surface area contributed by atoms with Gasteiger partial charge in [0, 0.05) is 12.0 Å². The van der Waals surface area contributed by atoms with Crippen molar-refractivity contribution >= 4 is 11.8 Å². The summed E-state index contributed by atoms with van der Waals surface area (Å²) < 4.78 is 10.3. The van der Waals surface area contributed by atoms with E-state index in [0.29, 0.717) is 29.4 Å². The zero-order valence-electron chi connectivity index (χ0n) is 13.7. The van der Waals surface area contributed by atoms with Crippen molar-refractivity contribution in [3.05, 3.63) is 23.8 Å². The summed E-state index contributed by atoms with van der Waals surface area (Å²) in [6, 6.07) is 4.83. The standard InChI is InChI=1S/C17H24N2O4/c1-22-14-9-8-13(11-15(14)23-2)17(21)19-18-16(20)10-7-12-5-3-4-6-12/h8-9,11-12H,3-7,10H2,1-2H3,(H,18,20)(H,19,21). The van der Waals surface area contributed by atoms with Crippen LogP contribution in [-0.4, -0.2) is 26.0 Å². The van der Waals surface area contributed by atoms with Gasteiger partial charge in [0.2, 0.25) is 5.91 Å². The second-order valence-corrected chi connectivity index (χ2v) is 5.76. The van der Waals surface area contributed by atoms with Crippen LogP contribution in [0.25, 0.3) is 0 Å². The molecule has 6 heteroatoms. The van der Waals surface area contributed by atoms with E-state index in [1.165, 1.54) is 39.9 Å². The Bertz CT molecular complexity index is 554. The number of rotatable bonds is 6. The van der Waals surface area contributed by atoms with Crippen LogP contribution in [0.1, 0.15) is 48.9 Å². The lowest BCUT2D eigenvalue weighted by Crippen LogP contribution is -2.41. The second kappa shape index (κ2) is 8.41. The predicted molar refractivity (Wildman–Crippen MR) is 86.3 cm³/mol. The van der Waals surface area contributed by atoms with Gasteiger partial charge in [-0.3, -0.25) is 20.4 Å². The highest BCUT2D eigenvalue weighted by atomic mass is 16.5. The molecule has 1 saturated carbocycles. The van der Waals surface area contributed by atoms with Crippen molar-refractivity contribution < 1.29 is 19.1 Å². The molecule has 2 N–H and O–H groups in total. The van der Waals surface area contributed by atoms with Gasteiger partial charge in [0.25, 0.3) is 5.91 Å². The molecule has 0 atom stereocenters. The van der Waals surface area contributed by atoms with Crippen LogP contribution in [-0.2, 0) is 4.79 Å². The van der Waals surface area contributed by atoms with E-state index in [-0.39, 0.29) is 11.8 Å². The molecule has 1 aliphatic carbocycles. The third-order valence-electron chi connectivity index (χ3n) is 4.22. The Morgan fingerprint density at radius 1 is 1.09 bits per heavy atom. The molecule has 0 aromatic heterocycles. The normalized spacial score (nSPS) is 14.3. The molecule has 0 aliphatic heterocycles. The Hall–Kier alpha value is -2.24. The van der Waals surface area contributed by atoms with Gasteiger partial charge in [0.15, 0.2) is 11.5 Å². The highest BCUT2D eigenvalue weighted by molar-refractivity contribution is 5.96. The number of carbonyl (C=O) groups excluding carboxylic acids is 2. The minimum Gasteiger partial charge on any atom is -0.493 e. The summed E-state index contributed by atoms with van der Waals surface area (Å²) in [5, 5.41) is 0. The number of benzene rings is 1. The molecule has 0 bridgehead atoms. The SMILES string of the molecule is COc1ccc(C(=O)NNC(=O)CCC2CCCC2)cc1OC. The Morgan fingerprint density at radius 3 is 2.43 bits per heavy atom. The molecule has 126 valence electrons. The number of hydrogen-bond acceptors (Lipinski definition) is 4. The molecule has 1 aliphatic rings. The second-order valence-electron chi connectivity index (χ2n) is 5.76. The minimum atomic E-state index is -0.389. The Balaban J connectivity index is 1.80. The summed E-state index contributed by atoms with van der Waals surface area (Å²) in [6.45, 7) is 0. The molecule has 2 amide bonds. The van der Waals surface area contributed by atoms with E-state index in [1.807, 2.05) is 0 Å². The van der Waals surface area contributed by atoms with Crippen LogP contribution in [0.15, 0.2) is 18.2 Å². The number of carbonyl (C=O) groups is 2. The molecule has 0 spiro atoms. The predicted octanol–water partition coefficient (Wildman–Crippen LogP) is 2.44. The van der Waals surface area contributed by atoms with Gasteiger partial charge in [-0.15, -0.1) is 0 Å². The molecule has 0 unspecified atom stereocenters. The fraction of sp³-hybridized carbons (Fsp3) is 0.529. The maximum absolute atomic E-state index is 12.1. The van der Waals surface area contributed by atoms with E-state index in [1.54, 1.807) is 18.2 Å². The number of nitrogens with one attached hydrogen (secondary N) is 2. The fourth-order valence-corrected chi connectivity index (χ4v) is 2.87. The third kappa shape index (κ3) is 4.87. The van der Waals surface area contributed by atoms with Crippen molar-refractivity contribution in [1.29, 1.82) is 0 Å². The molecular weight excluding hydrogens is 296 g/mol. The van der Waals surface area contributed by atoms with E-state index < -0.39 is 0 Å². The van der Waals surface area contributed by atoms with Crippen molar-refractivity contribution in [2.45, 2.75) is 38.5 Å². The number of amides is 2. The summed E-state index contributed by atoms with van der Waals surface area (Å²) in [7, 11) is 3.03. The largest absolute Gasteiger partial charge is 0.493 e. The van der Waals surface area contributed by atoms with Gasteiger partial charge in [-0.2, -0.15) is 0 Å². The Labute approximate surface area is 136 Å². The lowest BCUT2D eigenvalue weighted by atomic mass is 10.0. The maximum atomic E-state index is 12.1. The van der Waals surface area contributed by atoms with Gasteiger partial charge in [-0.05, 0) is 30.5 Å². The number of hydrogen-bond donors (Lipinski definition) is 2. The van der Waals surface area contributed by atoms with Crippen molar-refractivity contribution in [3.63, 3.8) is 0 Å². The molecule has 0 heterocycles. The van der Waals surface area contributed by atoms with Crippen molar-refractivity contribution in [2.75, 3.05) is 14.2 Å². The van der Waals surface area contributed by atoms with Crippen molar-refractivity contribution in [1.82, 2.24) is 10.9 Å². The molecular formula is C17H24N2O4. The average Bonchev–Trinajstić information content (AvgIpc) is 3.10. The summed E-state index contributed by atoms with van der Waals surface area (Å²) >= 11 is 0. The number of methoxy groups -OCH3 is 2. The first kappa shape index (κ1) is 17.1. The van der Waals surface area contributed by atoms with Crippen LogP contribution in [0.4, 0.5) is 0 Å². The van der Waals surface area contributed by atoms with E-state index in [9.17, 15) is 9.59 Å². The van der Waals surface area contributed by atoms with Gasteiger partial charge >= 0.3 is 0 Å². The van der Waals surface area contributed by atoms with E-state index in [2.05, 4.69) is 10.9 Å². The van der Waals surface area contributed by atoms with Crippen LogP contribution in [0, 0.1) is 5.92 Å². The van der Waals surface area contributed by atoms with E-state index in [4.69, 9.17) is 9.47 Å². The maximum Gasteiger partial charge on any atom is 0.269 e. The topological polar surface area (TPSA) is 76.7 Å². The lowest BCUT2D eigenvalue weighted by molar-refractivity contribution is -0.122. The van der Waals surface area contributed by atoms with E-state index in [0.717, 1.165) is 6.42 Å². The first-order valence-corrected chi connectivity index (χ1v) is 7.95. The molecule has 2 rings (SSSR count). The van der Waals surface area contributed by atoms with Gasteiger partial charge in [-0.25, -0.2) is 0 Å². The monoisotopic (exact) mass is 320 g/mol. The third-order valence-corrected chi connectivity index (χ3v) is 4.22. The molecule has 1 aromatic carbocycles. The van der Waals surface area contributed by atoms with Crippen molar-refractivity contribution in [2.24, 2.45) is 5.92 Å². The zero-order valence-corrected chi connectivity index (χ0v) is 13.7. The molecule has 0 saturated heterocycles. The molecule has 23 heavy (non-hydrogen) atoms. The van der Waals surface area contributed by atoms with E-state index >= 15 is 0 Å². The van der Waals surface area contributed by atoms with Gasteiger partial charge in [-0.1, -0.05) is 25.7 Å². The summed E-state index contributed by atoms with van der Waals surface area (Å²) in [5.74, 6) is 1.12.